The van der Waals surface area contributed by atoms with Crippen molar-refractivity contribution in [2.24, 2.45) is 0 Å². The fraction of sp³-hybridized carbons (Fsp3) is 0.389. The van der Waals surface area contributed by atoms with E-state index < -0.39 is 0 Å². The second kappa shape index (κ2) is 11.1. The van der Waals surface area contributed by atoms with Gasteiger partial charge in [-0.3, -0.25) is 4.79 Å². The zero-order valence-electron chi connectivity index (χ0n) is 14.0. The number of hydrogen-bond acceptors (Lipinski definition) is 3. The van der Waals surface area contributed by atoms with Crippen molar-refractivity contribution >= 4 is 27.2 Å². The first-order valence-corrected chi connectivity index (χ1v) is 8.15. The van der Waals surface area contributed by atoms with E-state index in [1.54, 1.807) is 24.6 Å². The summed E-state index contributed by atoms with van der Waals surface area (Å²) in [4.78, 5) is 11.8. The largest absolute Gasteiger partial charge is 0.384 e. The molecule has 0 radical (unpaired) electrons. The molecule has 0 aliphatic rings. The minimum absolute atomic E-state index is 0.00120. The van der Waals surface area contributed by atoms with E-state index in [0.717, 1.165) is 0 Å². The van der Waals surface area contributed by atoms with Crippen molar-refractivity contribution in [1.29, 1.82) is 0 Å². The van der Waals surface area contributed by atoms with E-state index in [9.17, 15) is 9.18 Å². The van der Waals surface area contributed by atoms with Gasteiger partial charge in [-0.2, -0.15) is 0 Å². The van der Waals surface area contributed by atoms with Gasteiger partial charge in [0, 0.05) is 29.9 Å². The monoisotopic (exact) mass is 324 g/mol. The van der Waals surface area contributed by atoms with Crippen LogP contribution in [0.15, 0.2) is 35.7 Å². The predicted octanol–water partition coefficient (Wildman–Crippen LogP) is 5.87. The molecule has 0 aliphatic carbocycles. The van der Waals surface area contributed by atoms with E-state index >= 15 is 0 Å². The Kier molecular flexibility index (Phi) is 10.3. The summed E-state index contributed by atoms with van der Waals surface area (Å²) in [7, 11) is 1.55. The molecule has 0 fully saturated rings. The van der Waals surface area contributed by atoms with Crippen LogP contribution in [0, 0.1) is 5.82 Å². The van der Waals surface area contributed by atoms with Crippen LogP contribution in [-0.2, 0) is 4.74 Å². The first-order valence-electron chi connectivity index (χ1n) is 7.27. The summed E-state index contributed by atoms with van der Waals surface area (Å²) in [5.74, 6) is -0.271. The minimum atomic E-state index is -0.270. The van der Waals surface area contributed by atoms with Gasteiger partial charge in [0.25, 0.3) is 0 Å². The fourth-order valence-electron chi connectivity index (χ4n) is 1.57. The van der Waals surface area contributed by atoms with Crippen molar-refractivity contribution in [3.63, 3.8) is 0 Å². The smallest absolute Gasteiger partial charge is 0.166 e. The van der Waals surface area contributed by atoms with Crippen LogP contribution in [0.1, 0.15) is 44.5 Å². The molecule has 0 atom stereocenters. The Hall–Kier alpha value is -1.52. The number of methoxy groups -OCH3 is 1. The highest BCUT2D eigenvalue weighted by Crippen LogP contribution is 2.28. The number of rotatable bonds is 4. The molecule has 1 aromatic carbocycles. The Bertz CT molecular complexity index is 598. The van der Waals surface area contributed by atoms with Crippen LogP contribution >= 0.6 is 11.3 Å². The predicted molar refractivity (Wildman–Crippen MR) is 94.4 cm³/mol. The molecule has 4 heteroatoms. The first-order chi connectivity index (χ1) is 10.5. The lowest BCUT2D eigenvalue weighted by molar-refractivity contribution is 0.0934. The SMILES string of the molecule is C=C(C)C.CC.COCCC(=O)c1csc2c(F)cccc12. The second-order valence-electron chi connectivity index (χ2n) is 4.64. The molecule has 0 saturated carbocycles. The molecule has 0 aliphatic heterocycles. The highest BCUT2D eigenvalue weighted by Gasteiger charge is 2.13. The van der Waals surface area contributed by atoms with Crippen LogP contribution in [0.25, 0.3) is 10.1 Å². The van der Waals surface area contributed by atoms with E-state index in [1.807, 2.05) is 27.7 Å². The lowest BCUT2D eigenvalue weighted by Crippen LogP contribution is -2.02. The summed E-state index contributed by atoms with van der Waals surface area (Å²) in [6.45, 7) is 11.9. The maximum Gasteiger partial charge on any atom is 0.166 e. The zero-order chi connectivity index (χ0) is 17.1. The van der Waals surface area contributed by atoms with Gasteiger partial charge < -0.3 is 4.74 Å². The number of fused-ring (bicyclic) bond motifs is 1. The van der Waals surface area contributed by atoms with E-state index in [4.69, 9.17) is 4.74 Å². The average Bonchev–Trinajstić information content (AvgIpc) is 2.92. The number of thiophene rings is 1. The zero-order valence-corrected chi connectivity index (χ0v) is 14.8. The Labute approximate surface area is 136 Å². The third-order valence-corrected chi connectivity index (χ3v) is 3.39. The Balaban J connectivity index is 0.000000640. The van der Waals surface area contributed by atoms with Gasteiger partial charge in [0.15, 0.2) is 5.78 Å². The summed E-state index contributed by atoms with van der Waals surface area (Å²) in [5.41, 5.74) is 1.76. The van der Waals surface area contributed by atoms with E-state index in [1.165, 1.54) is 23.0 Å². The summed E-state index contributed by atoms with van der Waals surface area (Å²) in [6.07, 6.45) is 0.332. The molecule has 122 valence electrons. The molecule has 0 bridgehead atoms. The summed E-state index contributed by atoms with van der Waals surface area (Å²) in [6, 6.07) is 4.80. The lowest BCUT2D eigenvalue weighted by atomic mass is 10.1. The lowest BCUT2D eigenvalue weighted by Gasteiger charge is -1.98. The molecule has 0 amide bonds. The Morgan fingerprint density at radius 1 is 1.32 bits per heavy atom. The summed E-state index contributed by atoms with van der Waals surface area (Å²) in [5, 5.41) is 2.41. The van der Waals surface area contributed by atoms with Crippen molar-refractivity contribution < 1.29 is 13.9 Å². The van der Waals surface area contributed by atoms with Crippen molar-refractivity contribution in [3.8, 4) is 0 Å². The molecule has 0 saturated heterocycles. The van der Waals surface area contributed by atoms with Crippen LogP contribution in [0.2, 0.25) is 0 Å². The Morgan fingerprint density at radius 3 is 2.45 bits per heavy atom. The molecule has 1 aromatic heterocycles. The molecule has 2 aromatic rings. The molecule has 22 heavy (non-hydrogen) atoms. The number of benzene rings is 1. The molecule has 0 N–H and O–H groups in total. The molecular formula is C18H25FO2S. The second-order valence-corrected chi connectivity index (χ2v) is 5.52. The van der Waals surface area contributed by atoms with Gasteiger partial charge >= 0.3 is 0 Å². The van der Waals surface area contributed by atoms with Crippen LogP contribution in [0.5, 0.6) is 0 Å². The van der Waals surface area contributed by atoms with Gasteiger partial charge in [-0.1, -0.05) is 31.6 Å². The van der Waals surface area contributed by atoms with Gasteiger partial charge in [0.2, 0.25) is 0 Å². The molecule has 2 nitrogen and oxygen atoms in total. The molecular weight excluding hydrogens is 299 g/mol. The van der Waals surface area contributed by atoms with Gasteiger partial charge in [0.05, 0.1) is 11.3 Å². The highest BCUT2D eigenvalue weighted by molar-refractivity contribution is 7.17. The minimum Gasteiger partial charge on any atom is -0.384 e. The number of carbonyl (C=O) groups excluding carboxylic acids is 1. The normalized spacial score (nSPS) is 9.36. The highest BCUT2D eigenvalue weighted by atomic mass is 32.1. The van der Waals surface area contributed by atoms with Crippen LogP contribution < -0.4 is 0 Å². The van der Waals surface area contributed by atoms with Crippen LogP contribution in [-0.4, -0.2) is 19.5 Å². The summed E-state index contributed by atoms with van der Waals surface area (Å²) < 4.78 is 18.8. The quantitative estimate of drug-likeness (QED) is 0.519. The van der Waals surface area contributed by atoms with E-state index in [2.05, 4.69) is 6.58 Å². The van der Waals surface area contributed by atoms with Gasteiger partial charge in [-0.05, 0) is 19.9 Å². The average molecular weight is 324 g/mol. The van der Waals surface area contributed by atoms with Crippen LogP contribution in [0.4, 0.5) is 4.39 Å². The number of carbonyl (C=O) groups is 1. The number of allylic oxidation sites excluding steroid dienone is 1. The third kappa shape index (κ3) is 6.50. The fourth-order valence-corrected chi connectivity index (χ4v) is 2.55. The van der Waals surface area contributed by atoms with Gasteiger partial charge in [0.1, 0.15) is 5.82 Å². The molecule has 2 rings (SSSR count). The number of halogens is 1. The maximum atomic E-state index is 13.4. The maximum absolute atomic E-state index is 13.4. The van der Waals surface area contributed by atoms with Crippen molar-refractivity contribution in [2.75, 3.05) is 13.7 Å². The standard InChI is InChI=1S/C12H11FO2S.C4H8.C2H6/c1-15-6-5-11(14)9-7-16-12-8(9)3-2-4-10(12)13;1-4(2)3;1-2/h2-4,7H,5-6H2,1H3;1H2,2-3H3;1-2H3. The summed E-state index contributed by atoms with van der Waals surface area (Å²) >= 11 is 1.27. The topological polar surface area (TPSA) is 26.3 Å². The van der Waals surface area contributed by atoms with Crippen molar-refractivity contribution in [3.05, 3.63) is 47.1 Å². The first kappa shape index (κ1) is 20.5. The van der Waals surface area contributed by atoms with Gasteiger partial charge in [-0.15, -0.1) is 17.9 Å². The third-order valence-electron chi connectivity index (χ3n) is 2.39. The molecule has 0 unspecified atom stereocenters. The molecule has 0 spiro atoms. The van der Waals surface area contributed by atoms with E-state index in [-0.39, 0.29) is 11.6 Å². The number of hydrogen-bond donors (Lipinski definition) is 0. The number of ether oxygens (including phenoxy) is 1. The number of ketones is 1. The van der Waals surface area contributed by atoms with Crippen molar-refractivity contribution in [2.45, 2.75) is 34.1 Å². The van der Waals surface area contributed by atoms with Gasteiger partial charge in [-0.25, -0.2) is 4.39 Å². The number of Topliss-reactive ketones (excluding diaryl/α,β-unsaturated/α-hetero) is 1. The van der Waals surface area contributed by atoms with E-state index in [0.29, 0.717) is 28.7 Å². The molecule has 1 heterocycles. The Morgan fingerprint density at radius 2 is 1.91 bits per heavy atom. The van der Waals surface area contributed by atoms with Crippen LogP contribution in [0.3, 0.4) is 0 Å². The van der Waals surface area contributed by atoms with Crippen molar-refractivity contribution in [1.82, 2.24) is 0 Å².